The van der Waals surface area contributed by atoms with Gasteiger partial charge in [0.05, 0.1) is 36.6 Å². The van der Waals surface area contributed by atoms with Crippen molar-refractivity contribution < 1.29 is 28.4 Å². The molecule has 176 valence electrons. The van der Waals surface area contributed by atoms with Crippen LogP contribution in [0.5, 0.6) is 0 Å². The third kappa shape index (κ3) is 5.84. The lowest BCUT2D eigenvalue weighted by molar-refractivity contribution is -0.124. The van der Waals surface area contributed by atoms with Crippen LogP contribution in [0.2, 0.25) is 0 Å². The molecule has 2 aliphatic rings. The average molecular weight is 429 g/mol. The van der Waals surface area contributed by atoms with Crippen molar-refractivity contribution in [2.24, 2.45) is 17.8 Å². The standard InChI is InChI=1S/C24H44O6/c1-9-17(18-12-22(28-6)24(30-8)14-20(18)26-4)15(2)10-16-11-21(27-5)23(29-7)13-19(16)25-3/h10,16-24H,9,11-14H2,1-8H3/b15-10+. The molecule has 6 nitrogen and oxygen atoms in total. The second-order valence-corrected chi connectivity index (χ2v) is 8.84. The molecule has 0 aliphatic heterocycles. The second kappa shape index (κ2) is 12.5. The second-order valence-electron chi connectivity index (χ2n) is 8.84. The van der Waals surface area contributed by atoms with Crippen LogP contribution in [0.15, 0.2) is 11.6 Å². The van der Waals surface area contributed by atoms with E-state index in [1.165, 1.54) is 5.57 Å². The smallest absolute Gasteiger partial charge is 0.0857 e. The van der Waals surface area contributed by atoms with Crippen LogP contribution in [0.3, 0.4) is 0 Å². The van der Waals surface area contributed by atoms with E-state index < -0.39 is 0 Å². The number of methoxy groups -OCH3 is 6. The highest BCUT2D eigenvalue weighted by molar-refractivity contribution is 5.12. The van der Waals surface area contributed by atoms with Gasteiger partial charge in [-0.1, -0.05) is 18.6 Å². The number of hydrogen-bond acceptors (Lipinski definition) is 6. The summed E-state index contributed by atoms with van der Waals surface area (Å²) in [5.41, 5.74) is 1.41. The molecule has 30 heavy (non-hydrogen) atoms. The van der Waals surface area contributed by atoms with Crippen LogP contribution in [-0.2, 0) is 28.4 Å². The van der Waals surface area contributed by atoms with Gasteiger partial charge in [0.1, 0.15) is 0 Å². The van der Waals surface area contributed by atoms with Crippen LogP contribution < -0.4 is 0 Å². The maximum absolute atomic E-state index is 5.93. The molecule has 9 atom stereocenters. The molecular formula is C24H44O6. The van der Waals surface area contributed by atoms with Crippen LogP contribution in [-0.4, -0.2) is 79.3 Å². The molecular weight excluding hydrogens is 384 g/mol. The van der Waals surface area contributed by atoms with Crippen LogP contribution >= 0.6 is 0 Å². The monoisotopic (exact) mass is 428 g/mol. The summed E-state index contributed by atoms with van der Waals surface area (Å²) in [5, 5.41) is 0. The van der Waals surface area contributed by atoms with Crippen LogP contribution in [0, 0.1) is 17.8 Å². The Morgan fingerprint density at radius 3 is 1.57 bits per heavy atom. The number of ether oxygens (including phenoxy) is 6. The van der Waals surface area contributed by atoms with Crippen molar-refractivity contribution in [1.82, 2.24) is 0 Å². The zero-order valence-electron chi connectivity index (χ0n) is 20.3. The Kier molecular flexibility index (Phi) is 10.7. The van der Waals surface area contributed by atoms with Gasteiger partial charge in [-0.25, -0.2) is 0 Å². The zero-order chi connectivity index (χ0) is 22.3. The topological polar surface area (TPSA) is 55.4 Å². The highest BCUT2D eigenvalue weighted by Gasteiger charge is 2.42. The van der Waals surface area contributed by atoms with E-state index in [1.807, 2.05) is 7.11 Å². The maximum atomic E-state index is 5.93. The molecule has 0 bridgehead atoms. The summed E-state index contributed by atoms with van der Waals surface area (Å²) < 4.78 is 34.6. The Hall–Kier alpha value is -0.500. The van der Waals surface area contributed by atoms with Gasteiger partial charge >= 0.3 is 0 Å². The fourth-order valence-electron chi connectivity index (χ4n) is 5.81. The van der Waals surface area contributed by atoms with Gasteiger partial charge in [-0.3, -0.25) is 0 Å². The Bertz CT molecular complexity index is 524. The van der Waals surface area contributed by atoms with E-state index in [-0.39, 0.29) is 36.6 Å². The van der Waals surface area contributed by atoms with Crippen molar-refractivity contribution in [2.45, 2.75) is 82.6 Å². The molecule has 2 aliphatic carbocycles. The molecule has 0 heterocycles. The molecule has 0 saturated heterocycles. The van der Waals surface area contributed by atoms with Crippen molar-refractivity contribution in [3.05, 3.63) is 11.6 Å². The first-order valence-corrected chi connectivity index (χ1v) is 11.3. The molecule has 2 saturated carbocycles. The Balaban J connectivity index is 2.22. The number of rotatable bonds is 10. The SMILES string of the molecule is CCC(/C(C)=C/C1CC(OC)C(OC)CC1OC)C1CC(OC)C(OC)CC1OC. The van der Waals surface area contributed by atoms with Gasteiger partial charge in [0.25, 0.3) is 0 Å². The maximum Gasteiger partial charge on any atom is 0.0857 e. The van der Waals surface area contributed by atoms with Gasteiger partial charge in [-0.15, -0.1) is 0 Å². The highest BCUT2D eigenvalue weighted by atomic mass is 16.5. The largest absolute Gasteiger partial charge is 0.381 e. The van der Waals surface area contributed by atoms with E-state index in [9.17, 15) is 0 Å². The predicted octanol–water partition coefficient (Wildman–Crippen LogP) is 3.87. The van der Waals surface area contributed by atoms with E-state index in [0.29, 0.717) is 17.8 Å². The fraction of sp³-hybridized carbons (Fsp3) is 0.917. The predicted molar refractivity (Wildman–Crippen MR) is 118 cm³/mol. The molecule has 2 fully saturated rings. The van der Waals surface area contributed by atoms with Gasteiger partial charge in [0.15, 0.2) is 0 Å². The van der Waals surface area contributed by atoms with E-state index in [1.54, 1.807) is 35.5 Å². The van der Waals surface area contributed by atoms with Crippen molar-refractivity contribution in [3.8, 4) is 0 Å². The minimum atomic E-state index is 0.0801. The first-order valence-electron chi connectivity index (χ1n) is 11.3. The third-order valence-electron chi connectivity index (χ3n) is 7.56. The number of hydrogen-bond donors (Lipinski definition) is 0. The van der Waals surface area contributed by atoms with E-state index in [0.717, 1.165) is 32.1 Å². The summed E-state index contributed by atoms with van der Waals surface area (Å²) in [6.45, 7) is 4.54. The van der Waals surface area contributed by atoms with Gasteiger partial charge in [-0.05, 0) is 38.0 Å². The van der Waals surface area contributed by atoms with Gasteiger partial charge in [0.2, 0.25) is 0 Å². The van der Waals surface area contributed by atoms with Crippen molar-refractivity contribution in [1.29, 1.82) is 0 Å². The molecule has 0 amide bonds. The lowest BCUT2D eigenvalue weighted by Crippen LogP contribution is -2.47. The third-order valence-corrected chi connectivity index (χ3v) is 7.56. The number of allylic oxidation sites excluding steroid dienone is 1. The minimum Gasteiger partial charge on any atom is -0.381 e. The van der Waals surface area contributed by atoms with Crippen molar-refractivity contribution >= 4 is 0 Å². The fourth-order valence-corrected chi connectivity index (χ4v) is 5.81. The van der Waals surface area contributed by atoms with E-state index in [4.69, 9.17) is 28.4 Å². The molecule has 0 radical (unpaired) electrons. The first-order chi connectivity index (χ1) is 14.5. The van der Waals surface area contributed by atoms with Crippen LogP contribution in [0.25, 0.3) is 0 Å². The molecule has 0 aromatic carbocycles. The summed E-state index contributed by atoms with van der Waals surface area (Å²) in [5.74, 6) is 1.15. The van der Waals surface area contributed by atoms with Gasteiger partial charge in [0, 0.05) is 61.4 Å². The lowest BCUT2D eigenvalue weighted by atomic mass is 9.71. The summed E-state index contributed by atoms with van der Waals surface area (Å²) in [7, 11) is 10.7. The minimum absolute atomic E-state index is 0.0801. The zero-order valence-corrected chi connectivity index (χ0v) is 20.3. The lowest BCUT2D eigenvalue weighted by Gasteiger charge is -2.43. The average Bonchev–Trinajstić information content (AvgIpc) is 2.78. The Morgan fingerprint density at radius 2 is 1.10 bits per heavy atom. The summed E-state index contributed by atoms with van der Waals surface area (Å²) in [6, 6.07) is 0. The normalized spacial score (nSPS) is 39.1. The molecule has 6 heteroatoms. The van der Waals surface area contributed by atoms with E-state index in [2.05, 4.69) is 19.9 Å². The molecule has 0 aromatic rings. The highest BCUT2D eigenvalue weighted by Crippen LogP contribution is 2.41. The first kappa shape index (κ1) is 25.8. The molecule has 0 aromatic heterocycles. The van der Waals surface area contributed by atoms with E-state index >= 15 is 0 Å². The molecule has 2 rings (SSSR count). The van der Waals surface area contributed by atoms with Gasteiger partial charge in [-0.2, -0.15) is 0 Å². The van der Waals surface area contributed by atoms with Crippen molar-refractivity contribution in [3.63, 3.8) is 0 Å². The molecule has 0 N–H and O–H groups in total. The Labute approximate surface area is 183 Å². The summed E-state index contributed by atoms with van der Waals surface area (Å²) >= 11 is 0. The quantitative estimate of drug-likeness (QED) is 0.493. The Morgan fingerprint density at radius 1 is 0.667 bits per heavy atom. The summed E-state index contributed by atoms with van der Waals surface area (Å²) in [4.78, 5) is 0. The van der Waals surface area contributed by atoms with Gasteiger partial charge < -0.3 is 28.4 Å². The van der Waals surface area contributed by atoms with Crippen LogP contribution in [0.1, 0.15) is 46.0 Å². The molecule has 9 unspecified atom stereocenters. The summed E-state index contributed by atoms with van der Waals surface area (Å²) in [6.07, 6.45) is 7.75. The van der Waals surface area contributed by atoms with Crippen LogP contribution in [0.4, 0.5) is 0 Å². The van der Waals surface area contributed by atoms with Crippen molar-refractivity contribution in [2.75, 3.05) is 42.7 Å². The molecule has 0 spiro atoms.